The topological polar surface area (TPSA) is 132 Å². The number of carbonyl (C=O) groups is 1. The number of hydrogen-bond acceptors (Lipinski definition) is 8. The smallest absolute Gasteiger partial charge is 0.251 e. The molecule has 9 heteroatoms. The minimum absolute atomic E-state index is 0.0950. The van der Waals surface area contributed by atoms with Crippen molar-refractivity contribution in [3.63, 3.8) is 0 Å². The lowest BCUT2D eigenvalue weighted by Gasteiger charge is -2.11. The fourth-order valence-corrected chi connectivity index (χ4v) is 2.75. The zero-order valence-electron chi connectivity index (χ0n) is 17.2. The molecular formula is C22H25N5O4. The van der Waals surface area contributed by atoms with E-state index in [0.717, 1.165) is 11.3 Å². The summed E-state index contributed by atoms with van der Waals surface area (Å²) in [6, 6.07) is 12.0. The van der Waals surface area contributed by atoms with Crippen molar-refractivity contribution in [2.75, 3.05) is 31.2 Å². The van der Waals surface area contributed by atoms with Gasteiger partial charge in [0.1, 0.15) is 24.5 Å². The Hall–Kier alpha value is -4.01. The van der Waals surface area contributed by atoms with Crippen LogP contribution in [-0.4, -0.2) is 41.2 Å². The Bertz CT molecular complexity index is 1010. The van der Waals surface area contributed by atoms with E-state index in [4.69, 9.17) is 15.2 Å². The Balaban J connectivity index is 1.43. The molecule has 0 fully saturated rings. The molecule has 2 aromatic carbocycles. The Labute approximate surface area is 180 Å². The largest absolute Gasteiger partial charge is 0.504 e. The quantitative estimate of drug-likeness (QED) is 0.366. The molecule has 3 aromatic rings. The van der Waals surface area contributed by atoms with Crippen molar-refractivity contribution in [3.05, 3.63) is 66.1 Å². The summed E-state index contributed by atoms with van der Waals surface area (Å²) >= 11 is 0. The average Bonchev–Trinajstić information content (AvgIpc) is 2.79. The fourth-order valence-electron chi connectivity index (χ4n) is 2.75. The highest BCUT2D eigenvalue weighted by Gasteiger charge is 2.10. The standard InChI is InChI=1S/C22H25N5O4/c1-30-17-6-3-15(4-7-17)13-31-20-8-5-16(11-19(20)28)22(29)26-10-2-9-25-18-12-24-14-27-21(18)23/h3-8,11-12,14,25,28H,2,9-10,13H2,1H3,(H,26,29)(H2,23,24,27). The lowest BCUT2D eigenvalue weighted by atomic mass is 10.2. The number of benzene rings is 2. The van der Waals surface area contributed by atoms with E-state index < -0.39 is 0 Å². The second-order valence-electron chi connectivity index (χ2n) is 6.68. The van der Waals surface area contributed by atoms with Crippen LogP contribution in [0.5, 0.6) is 17.2 Å². The van der Waals surface area contributed by atoms with Crippen molar-refractivity contribution < 1.29 is 19.4 Å². The van der Waals surface area contributed by atoms with Crippen molar-refractivity contribution in [1.29, 1.82) is 0 Å². The molecule has 1 aromatic heterocycles. The van der Waals surface area contributed by atoms with Crippen LogP contribution >= 0.6 is 0 Å². The molecule has 0 spiro atoms. The van der Waals surface area contributed by atoms with Gasteiger partial charge in [-0.3, -0.25) is 4.79 Å². The number of rotatable bonds is 10. The van der Waals surface area contributed by atoms with Crippen LogP contribution in [0.1, 0.15) is 22.3 Å². The van der Waals surface area contributed by atoms with E-state index >= 15 is 0 Å². The first-order chi connectivity index (χ1) is 15.1. The zero-order chi connectivity index (χ0) is 22.1. The number of aromatic hydroxyl groups is 1. The molecule has 0 atom stereocenters. The minimum atomic E-state index is -0.278. The maximum Gasteiger partial charge on any atom is 0.251 e. The lowest BCUT2D eigenvalue weighted by molar-refractivity contribution is 0.0953. The highest BCUT2D eigenvalue weighted by atomic mass is 16.5. The summed E-state index contributed by atoms with van der Waals surface area (Å²) in [4.78, 5) is 20.1. The molecule has 0 radical (unpaired) electrons. The van der Waals surface area contributed by atoms with Gasteiger partial charge in [-0.15, -0.1) is 0 Å². The lowest BCUT2D eigenvalue weighted by Crippen LogP contribution is -2.25. The predicted octanol–water partition coefficient (Wildman–Crippen LogP) is 2.58. The number of nitrogen functional groups attached to an aromatic ring is 1. The van der Waals surface area contributed by atoms with Crippen LogP contribution in [0, 0.1) is 0 Å². The molecule has 1 amide bonds. The first-order valence-corrected chi connectivity index (χ1v) is 9.73. The number of phenolic OH excluding ortho intramolecular Hbond substituents is 1. The van der Waals surface area contributed by atoms with Crippen molar-refractivity contribution in [3.8, 4) is 17.2 Å². The Morgan fingerprint density at radius 3 is 2.68 bits per heavy atom. The molecule has 5 N–H and O–H groups in total. The predicted molar refractivity (Wildman–Crippen MR) is 117 cm³/mol. The summed E-state index contributed by atoms with van der Waals surface area (Å²) in [5.41, 5.74) is 7.67. The van der Waals surface area contributed by atoms with E-state index in [-0.39, 0.29) is 18.3 Å². The summed E-state index contributed by atoms with van der Waals surface area (Å²) in [6.07, 6.45) is 3.66. The second kappa shape index (κ2) is 10.7. The van der Waals surface area contributed by atoms with Gasteiger partial charge >= 0.3 is 0 Å². The molecule has 9 nitrogen and oxygen atoms in total. The van der Waals surface area contributed by atoms with E-state index in [2.05, 4.69) is 20.6 Å². The zero-order valence-corrected chi connectivity index (χ0v) is 17.2. The fraction of sp³-hybridized carbons (Fsp3) is 0.227. The molecule has 3 rings (SSSR count). The number of aromatic nitrogens is 2. The van der Waals surface area contributed by atoms with Crippen LogP contribution in [0.15, 0.2) is 55.0 Å². The third-order valence-electron chi connectivity index (χ3n) is 4.47. The number of methoxy groups -OCH3 is 1. The molecule has 31 heavy (non-hydrogen) atoms. The van der Waals surface area contributed by atoms with Gasteiger partial charge in [-0.2, -0.15) is 0 Å². The normalized spacial score (nSPS) is 10.4. The number of anilines is 2. The van der Waals surface area contributed by atoms with Crippen molar-refractivity contribution in [1.82, 2.24) is 15.3 Å². The average molecular weight is 423 g/mol. The van der Waals surface area contributed by atoms with Crippen LogP contribution in [0.4, 0.5) is 11.5 Å². The maximum absolute atomic E-state index is 12.3. The van der Waals surface area contributed by atoms with Gasteiger partial charge in [-0.25, -0.2) is 9.97 Å². The highest BCUT2D eigenvalue weighted by Crippen LogP contribution is 2.28. The number of amides is 1. The third-order valence-corrected chi connectivity index (χ3v) is 4.47. The van der Waals surface area contributed by atoms with Crippen LogP contribution in [0.3, 0.4) is 0 Å². The number of ether oxygens (including phenoxy) is 2. The molecule has 0 saturated heterocycles. The Kier molecular flexibility index (Phi) is 7.47. The van der Waals surface area contributed by atoms with Gasteiger partial charge in [0.15, 0.2) is 11.5 Å². The van der Waals surface area contributed by atoms with Gasteiger partial charge in [0.2, 0.25) is 0 Å². The van der Waals surface area contributed by atoms with Gasteiger partial charge in [-0.05, 0) is 42.3 Å². The van der Waals surface area contributed by atoms with E-state index in [1.54, 1.807) is 25.4 Å². The van der Waals surface area contributed by atoms with E-state index in [1.807, 2.05) is 24.3 Å². The summed E-state index contributed by atoms with van der Waals surface area (Å²) in [5.74, 6) is 1.07. The first kappa shape index (κ1) is 21.7. The molecule has 0 saturated carbocycles. The highest BCUT2D eigenvalue weighted by molar-refractivity contribution is 5.94. The van der Waals surface area contributed by atoms with Gasteiger partial charge in [0.25, 0.3) is 5.91 Å². The summed E-state index contributed by atoms with van der Waals surface area (Å²) in [6.45, 7) is 1.34. The summed E-state index contributed by atoms with van der Waals surface area (Å²) in [7, 11) is 1.61. The number of nitrogens with two attached hydrogens (primary N) is 1. The van der Waals surface area contributed by atoms with Crippen molar-refractivity contribution >= 4 is 17.4 Å². The van der Waals surface area contributed by atoms with Crippen molar-refractivity contribution in [2.24, 2.45) is 0 Å². The van der Waals surface area contributed by atoms with Crippen molar-refractivity contribution in [2.45, 2.75) is 13.0 Å². The first-order valence-electron chi connectivity index (χ1n) is 9.73. The molecule has 0 unspecified atom stereocenters. The van der Waals surface area contributed by atoms with Gasteiger partial charge in [0.05, 0.1) is 19.0 Å². The maximum atomic E-state index is 12.3. The Morgan fingerprint density at radius 1 is 1.16 bits per heavy atom. The number of nitrogens with one attached hydrogen (secondary N) is 2. The second-order valence-corrected chi connectivity index (χ2v) is 6.68. The van der Waals surface area contributed by atoms with Crippen LogP contribution in [0.25, 0.3) is 0 Å². The van der Waals surface area contributed by atoms with Gasteiger partial charge < -0.3 is 30.9 Å². The monoisotopic (exact) mass is 423 g/mol. The summed E-state index contributed by atoms with van der Waals surface area (Å²) in [5, 5.41) is 16.1. The van der Waals surface area contributed by atoms with Gasteiger partial charge in [-0.1, -0.05) is 12.1 Å². The number of hydrogen-bond donors (Lipinski definition) is 4. The molecule has 1 heterocycles. The SMILES string of the molecule is COc1ccc(COc2ccc(C(=O)NCCCNc3cncnc3N)cc2O)cc1. The van der Waals surface area contributed by atoms with E-state index in [9.17, 15) is 9.90 Å². The van der Waals surface area contributed by atoms with Crippen LogP contribution in [-0.2, 0) is 6.61 Å². The molecule has 162 valence electrons. The molecule has 0 aliphatic carbocycles. The van der Waals surface area contributed by atoms with Crippen LogP contribution < -0.4 is 25.8 Å². The minimum Gasteiger partial charge on any atom is -0.504 e. The van der Waals surface area contributed by atoms with E-state index in [0.29, 0.717) is 42.3 Å². The number of carbonyl (C=O) groups excluding carboxylic acids is 1. The number of nitrogens with zero attached hydrogens (tertiary/aromatic N) is 2. The summed E-state index contributed by atoms with van der Waals surface area (Å²) < 4.78 is 10.8. The van der Waals surface area contributed by atoms with Gasteiger partial charge in [0, 0.05) is 18.7 Å². The third kappa shape index (κ3) is 6.23. The molecule has 0 aliphatic heterocycles. The van der Waals surface area contributed by atoms with E-state index in [1.165, 1.54) is 12.4 Å². The van der Waals surface area contributed by atoms with Crippen LogP contribution in [0.2, 0.25) is 0 Å². The number of phenols is 1. The molecular weight excluding hydrogens is 398 g/mol. The Morgan fingerprint density at radius 2 is 1.97 bits per heavy atom. The molecule has 0 bridgehead atoms. The molecule has 0 aliphatic rings.